The van der Waals surface area contributed by atoms with Gasteiger partial charge in [-0.3, -0.25) is 0 Å². The largest absolute Gasteiger partial charge is 0.489 e. The molecule has 2 aliphatic carbocycles. The molecule has 2 heteroatoms. The molecule has 0 heterocycles. The van der Waals surface area contributed by atoms with Crippen LogP contribution in [0.5, 0.6) is 5.75 Å². The van der Waals surface area contributed by atoms with Crippen molar-refractivity contribution in [3.63, 3.8) is 0 Å². The molecular weight excluding hydrogens is 258 g/mol. The maximum absolute atomic E-state index is 6.12. The van der Waals surface area contributed by atoms with E-state index in [9.17, 15) is 0 Å². The molecule has 0 aliphatic heterocycles. The van der Waals surface area contributed by atoms with E-state index >= 15 is 0 Å². The monoisotopic (exact) mass is 281 g/mol. The van der Waals surface area contributed by atoms with Crippen molar-refractivity contribution in [3.05, 3.63) is 65.8 Å². The first-order valence-corrected chi connectivity index (χ1v) is 7.62. The highest BCUT2D eigenvalue weighted by Gasteiger charge is 2.56. The smallest absolute Gasteiger partial charge is 0.120 e. The van der Waals surface area contributed by atoms with E-state index in [0.29, 0.717) is 18.1 Å². The molecule has 0 bridgehead atoms. The van der Waals surface area contributed by atoms with Crippen molar-refractivity contribution in [2.45, 2.75) is 37.6 Å². The van der Waals surface area contributed by atoms with E-state index in [1.165, 1.54) is 23.1 Å². The Labute approximate surface area is 127 Å². The molecule has 1 fully saturated rings. The third kappa shape index (κ3) is 2.68. The molecule has 1 aromatic carbocycles. The molecule has 0 saturated heterocycles. The van der Waals surface area contributed by atoms with Crippen LogP contribution in [0.3, 0.4) is 0 Å². The second kappa shape index (κ2) is 5.53. The lowest BCUT2D eigenvalue weighted by atomic mass is 9.97. The molecule has 3 rings (SSSR count). The molecule has 2 nitrogen and oxygen atoms in total. The van der Waals surface area contributed by atoms with Gasteiger partial charge in [-0.15, -0.1) is 0 Å². The fourth-order valence-electron chi connectivity index (χ4n) is 3.32. The number of benzene rings is 1. The lowest BCUT2D eigenvalue weighted by Gasteiger charge is -2.11. The Kier molecular flexibility index (Phi) is 3.73. The average Bonchev–Trinajstić information content (AvgIpc) is 2.99. The molecule has 0 aromatic heterocycles. The molecular formula is C19H23NO. The lowest BCUT2D eigenvalue weighted by Crippen LogP contribution is -2.15. The summed E-state index contributed by atoms with van der Waals surface area (Å²) >= 11 is 0. The molecule has 2 aliphatic rings. The van der Waals surface area contributed by atoms with Gasteiger partial charge in [0.1, 0.15) is 12.4 Å². The number of aryl methyl sites for hydroxylation is 1. The Hall–Kier alpha value is -1.80. The zero-order valence-corrected chi connectivity index (χ0v) is 12.6. The molecule has 0 amide bonds. The quantitative estimate of drug-likeness (QED) is 0.836. The van der Waals surface area contributed by atoms with Crippen molar-refractivity contribution < 1.29 is 4.74 Å². The van der Waals surface area contributed by atoms with Crippen molar-refractivity contribution in [1.82, 2.24) is 0 Å². The van der Waals surface area contributed by atoms with Gasteiger partial charge in [0, 0.05) is 11.5 Å². The van der Waals surface area contributed by atoms with Crippen LogP contribution in [-0.2, 0) is 11.8 Å². The van der Waals surface area contributed by atoms with Crippen molar-refractivity contribution in [1.29, 1.82) is 0 Å². The molecule has 21 heavy (non-hydrogen) atoms. The van der Waals surface area contributed by atoms with Gasteiger partial charge in [-0.25, -0.2) is 0 Å². The molecule has 1 aromatic rings. The van der Waals surface area contributed by atoms with E-state index in [1.54, 1.807) is 6.08 Å². The van der Waals surface area contributed by atoms with Crippen LogP contribution in [0.1, 0.15) is 30.9 Å². The Morgan fingerprint density at radius 2 is 2.29 bits per heavy atom. The summed E-state index contributed by atoms with van der Waals surface area (Å²) in [6.07, 6.45) is 11.2. The van der Waals surface area contributed by atoms with E-state index in [-0.39, 0.29) is 0 Å². The Bertz CT molecular complexity index is 614. The van der Waals surface area contributed by atoms with E-state index < -0.39 is 0 Å². The highest BCUT2D eigenvalue weighted by atomic mass is 16.5. The van der Waals surface area contributed by atoms with Crippen LogP contribution in [0.4, 0.5) is 0 Å². The minimum Gasteiger partial charge on any atom is -0.489 e. The number of nitrogens with two attached hydrogens (primary N) is 1. The Morgan fingerprint density at radius 3 is 3.00 bits per heavy atom. The van der Waals surface area contributed by atoms with Crippen molar-refractivity contribution in [3.8, 4) is 5.75 Å². The predicted molar refractivity (Wildman–Crippen MR) is 87.6 cm³/mol. The lowest BCUT2D eigenvalue weighted by molar-refractivity contribution is 0.352. The highest BCUT2D eigenvalue weighted by molar-refractivity contribution is 5.49. The molecule has 110 valence electrons. The van der Waals surface area contributed by atoms with Gasteiger partial charge < -0.3 is 10.5 Å². The summed E-state index contributed by atoms with van der Waals surface area (Å²) < 4.78 is 5.88. The maximum atomic E-state index is 6.12. The van der Waals surface area contributed by atoms with E-state index in [0.717, 1.165) is 18.6 Å². The second-order valence-corrected chi connectivity index (χ2v) is 6.21. The summed E-state index contributed by atoms with van der Waals surface area (Å²) in [7, 11) is 0. The zero-order chi connectivity index (χ0) is 14.9. The number of rotatable bonds is 5. The van der Waals surface area contributed by atoms with Crippen LogP contribution >= 0.6 is 0 Å². The summed E-state index contributed by atoms with van der Waals surface area (Å²) in [5.41, 5.74) is 10.5. The van der Waals surface area contributed by atoms with Crippen molar-refractivity contribution in [2.24, 2.45) is 5.73 Å². The fraction of sp³-hybridized carbons (Fsp3) is 0.368. The van der Waals surface area contributed by atoms with Gasteiger partial charge in [-0.05, 0) is 55.0 Å². The van der Waals surface area contributed by atoms with E-state index in [4.69, 9.17) is 10.5 Å². The zero-order valence-electron chi connectivity index (χ0n) is 12.6. The van der Waals surface area contributed by atoms with E-state index in [2.05, 4.69) is 31.7 Å². The van der Waals surface area contributed by atoms with Gasteiger partial charge in [0.2, 0.25) is 0 Å². The highest BCUT2D eigenvalue weighted by Crippen LogP contribution is 2.56. The minimum absolute atomic E-state index is 0.305. The number of ether oxygens (including phenoxy) is 1. The molecule has 2 atom stereocenters. The molecule has 1 saturated carbocycles. The van der Waals surface area contributed by atoms with Crippen LogP contribution < -0.4 is 10.5 Å². The third-order valence-corrected chi connectivity index (χ3v) is 4.68. The van der Waals surface area contributed by atoms with Crippen molar-refractivity contribution >= 4 is 0 Å². The van der Waals surface area contributed by atoms with Crippen LogP contribution in [0.15, 0.2) is 54.7 Å². The van der Waals surface area contributed by atoms with Crippen LogP contribution in [0.25, 0.3) is 0 Å². The molecule has 2 N–H and O–H groups in total. The van der Waals surface area contributed by atoms with Gasteiger partial charge in [-0.1, -0.05) is 36.9 Å². The molecule has 0 radical (unpaired) electrons. The first kappa shape index (κ1) is 14.2. The number of allylic oxidation sites excluding steroid dienone is 4. The number of fused-ring (bicyclic) bond motifs is 2. The first-order chi connectivity index (χ1) is 10.2. The Balaban J connectivity index is 1.65. The minimum atomic E-state index is 0.305. The normalized spacial score (nSPS) is 27.1. The fourth-order valence-corrected chi connectivity index (χ4v) is 3.32. The third-order valence-electron chi connectivity index (χ3n) is 4.68. The second-order valence-electron chi connectivity index (χ2n) is 6.21. The maximum Gasteiger partial charge on any atom is 0.120 e. The predicted octanol–water partition coefficient (Wildman–Crippen LogP) is 3.67. The van der Waals surface area contributed by atoms with E-state index in [1.807, 2.05) is 18.2 Å². The van der Waals surface area contributed by atoms with Gasteiger partial charge in [0.25, 0.3) is 0 Å². The summed E-state index contributed by atoms with van der Waals surface area (Å²) in [5, 5.41) is 0. The number of hydrogen-bond acceptors (Lipinski definition) is 2. The van der Waals surface area contributed by atoms with Crippen LogP contribution in [-0.4, -0.2) is 12.6 Å². The number of hydrogen-bond donors (Lipinski definition) is 1. The van der Waals surface area contributed by atoms with Gasteiger partial charge >= 0.3 is 0 Å². The van der Waals surface area contributed by atoms with Crippen LogP contribution in [0, 0.1) is 0 Å². The summed E-state index contributed by atoms with van der Waals surface area (Å²) in [4.78, 5) is 0. The van der Waals surface area contributed by atoms with Gasteiger partial charge in [0.05, 0.1) is 0 Å². The SMILES string of the molecule is C=C/C=C\C=C(/C)COc1ccc2c(c1)CCC21CC1N. The summed E-state index contributed by atoms with van der Waals surface area (Å²) in [5.74, 6) is 0.959. The molecule has 1 spiro atoms. The average molecular weight is 281 g/mol. The van der Waals surface area contributed by atoms with Gasteiger partial charge in [0.15, 0.2) is 0 Å². The van der Waals surface area contributed by atoms with Crippen molar-refractivity contribution in [2.75, 3.05) is 6.61 Å². The first-order valence-electron chi connectivity index (χ1n) is 7.62. The standard InChI is InChI=1S/C19H23NO/c1-3-4-5-6-14(2)13-21-16-7-8-17-15(11-16)9-10-19(17)12-18(19)20/h3-8,11,18H,1,9-10,12-13,20H2,2H3/b5-4-,14-6+. The summed E-state index contributed by atoms with van der Waals surface area (Å²) in [6.45, 7) is 6.33. The van der Waals surface area contributed by atoms with Crippen LogP contribution in [0.2, 0.25) is 0 Å². The van der Waals surface area contributed by atoms with Gasteiger partial charge in [-0.2, -0.15) is 0 Å². The summed E-state index contributed by atoms with van der Waals surface area (Å²) in [6, 6.07) is 6.87. The molecule has 2 unspecified atom stereocenters. The topological polar surface area (TPSA) is 35.2 Å². The Morgan fingerprint density at radius 1 is 1.48 bits per heavy atom.